The molecule has 2 aromatic carbocycles. The normalized spacial score (nSPS) is 11.7. The Bertz CT molecular complexity index is 613. The molecular weight excluding hydrogens is 286 g/mol. The molecule has 0 aliphatic heterocycles. The molecule has 4 nitrogen and oxygen atoms in total. The van der Waals surface area contributed by atoms with E-state index in [0.717, 1.165) is 22.7 Å². The van der Waals surface area contributed by atoms with Crippen molar-refractivity contribution in [2.75, 3.05) is 10.6 Å². The van der Waals surface area contributed by atoms with E-state index in [1.165, 1.54) is 0 Å². The summed E-state index contributed by atoms with van der Waals surface area (Å²) in [7, 11) is 0. The molecule has 0 bridgehead atoms. The lowest BCUT2D eigenvalue weighted by Crippen LogP contribution is -2.19. The topological polar surface area (TPSA) is 67.2 Å². The third-order valence-corrected chi connectivity index (χ3v) is 3.39. The second kappa shape index (κ2) is 6.99. The molecule has 0 spiro atoms. The van der Waals surface area contributed by atoms with Gasteiger partial charge in [-0.3, -0.25) is 0 Å². The number of nitrogens with one attached hydrogen (secondary N) is 2. The number of carbonyl (C=O) groups excluding carboxylic acids is 1. The summed E-state index contributed by atoms with van der Waals surface area (Å²) in [5.74, 6) is 0. The number of rotatable bonds is 5. The van der Waals surface area contributed by atoms with Gasteiger partial charge in [0, 0.05) is 16.4 Å². The Morgan fingerprint density at radius 1 is 1.19 bits per heavy atom. The number of hydrogen-bond donors (Lipinski definition) is 3. The van der Waals surface area contributed by atoms with Crippen LogP contribution in [0.1, 0.15) is 24.9 Å². The predicted octanol–water partition coefficient (Wildman–Crippen LogP) is 4.39. The minimum Gasteiger partial charge on any atom is -0.378 e. The van der Waals surface area contributed by atoms with Gasteiger partial charge in [0.1, 0.15) is 0 Å². The van der Waals surface area contributed by atoms with Crippen molar-refractivity contribution < 1.29 is 4.79 Å². The van der Waals surface area contributed by atoms with E-state index in [2.05, 4.69) is 23.6 Å². The third-order valence-electron chi connectivity index (χ3n) is 3.15. The average Bonchev–Trinajstić information content (AvgIpc) is 2.46. The fourth-order valence-electron chi connectivity index (χ4n) is 2.14. The molecule has 0 radical (unpaired) electrons. The molecule has 0 heterocycles. The SMILES string of the molecule is CCC(Nc1ccc(NC(N)=O)cc1)c1cccc(Cl)c1. The van der Waals surface area contributed by atoms with E-state index >= 15 is 0 Å². The van der Waals surface area contributed by atoms with E-state index in [0.29, 0.717) is 5.69 Å². The molecule has 0 aliphatic carbocycles. The number of halogens is 1. The van der Waals surface area contributed by atoms with E-state index in [-0.39, 0.29) is 6.04 Å². The first-order valence-electron chi connectivity index (χ1n) is 6.77. The van der Waals surface area contributed by atoms with Crippen LogP contribution in [0.2, 0.25) is 5.02 Å². The number of nitrogens with two attached hydrogens (primary N) is 1. The molecule has 2 rings (SSSR count). The van der Waals surface area contributed by atoms with Crippen molar-refractivity contribution in [3.8, 4) is 0 Å². The van der Waals surface area contributed by atoms with Gasteiger partial charge in [0.05, 0.1) is 6.04 Å². The Kier molecular flexibility index (Phi) is 5.06. The van der Waals surface area contributed by atoms with Crippen molar-refractivity contribution in [1.82, 2.24) is 0 Å². The average molecular weight is 304 g/mol. The number of urea groups is 1. The van der Waals surface area contributed by atoms with Gasteiger partial charge in [-0.1, -0.05) is 30.7 Å². The maximum absolute atomic E-state index is 10.8. The van der Waals surface area contributed by atoms with Gasteiger partial charge < -0.3 is 16.4 Å². The Morgan fingerprint density at radius 3 is 2.43 bits per heavy atom. The van der Waals surface area contributed by atoms with E-state index in [1.54, 1.807) is 12.1 Å². The number of anilines is 2. The molecule has 1 unspecified atom stereocenters. The first kappa shape index (κ1) is 15.2. The fraction of sp³-hybridized carbons (Fsp3) is 0.188. The predicted molar refractivity (Wildman–Crippen MR) is 87.8 cm³/mol. The zero-order chi connectivity index (χ0) is 15.2. The van der Waals surface area contributed by atoms with Crippen LogP contribution >= 0.6 is 11.6 Å². The monoisotopic (exact) mass is 303 g/mol. The highest BCUT2D eigenvalue weighted by Gasteiger charge is 2.09. The molecule has 0 aliphatic rings. The lowest BCUT2D eigenvalue weighted by atomic mass is 10.0. The van der Waals surface area contributed by atoms with Gasteiger partial charge in [-0.15, -0.1) is 0 Å². The van der Waals surface area contributed by atoms with Crippen molar-refractivity contribution in [3.63, 3.8) is 0 Å². The maximum atomic E-state index is 10.8. The number of hydrogen-bond acceptors (Lipinski definition) is 2. The molecule has 0 fully saturated rings. The van der Waals surface area contributed by atoms with Gasteiger partial charge in [0.25, 0.3) is 0 Å². The standard InChI is InChI=1S/C16H18ClN3O/c1-2-15(11-4-3-5-12(17)10-11)19-13-6-8-14(9-7-13)20-16(18)21/h3-10,15,19H,2H2,1H3,(H3,18,20,21). The van der Waals surface area contributed by atoms with Crippen LogP contribution in [0.4, 0.5) is 16.2 Å². The van der Waals surface area contributed by atoms with Crippen molar-refractivity contribution in [3.05, 3.63) is 59.1 Å². The van der Waals surface area contributed by atoms with Crippen molar-refractivity contribution >= 4 is 29.0 Å². The van der Waals surface area contributed by atoms with E-state index < -0.39 is 6.03 Å². The molecule has 110 valence electrons. The largest absolute Gasteiger partial charge is 0.378 e. The molecule has 5 heteroatoms. The van der Waals surface area contributed by atoms with Crippen LogP contribution in [0.15, 0.2) is 48.5 Å². The van der Waals surface area contributed by atoms with Crippen molar-refractivity contribution in [2.24, 2.45) is 5.73 Å². The fourth-order valence-corrected chi connectivity index (χ4v) is 2.34. The second-order valence-electron chi connectivity index (χ2n) is 4.73. The van der Waals surface area contributed by atoms with Crippen LogP contribution < -0.4 is 16.4 Å². The molecule has 2 amide bonds. The van der Waals surface area contributed by atoms with E-state index in [9.17, 15) is 4.79 Å². The van der Waals surface area contributed by atoms with Crippen molar-refractivity contribution in [2.45, 2.75) is 19.4 Å². The summed E-state index contributed by atoms with van der Waals surface area (Å²) >= 11 is 6.04. The van der Waals surface area contributed by atoms with E-state index in [4.69, 9.17) is 17.3 Å². The van der Waals surface area contributed by atoms with Gasteiger partial charge in [-0.05, 0) is 48.4 Å². The Balaban J connectivity index is 2.10. The maximum Gasteiger partial charge on any atom is 0.316 e. The summed E-state index contributed by atoms with van der Waals surface area (Å²) in [6.45, 7) is 2.11. The minimum absolute atomic E-state index is 0.179. The molecule has 21 heavy (non-hydrogen) atoms. The van der Waals surface area contributed by atoms with Gasteiger partial charge in [0.2, 0.25) is 0 Å². The number of benzene rings is 2. The smallest absolute Gasteiger partial charge is 0.316 e. The molecule has 1 atom stereocenters. The molecule has 4 N–H and O–H groups in total. The Labute approximate surface area is 129 Å². The number of primary amides is 1. The Hall–Kier alpha value is -2.20. The third kappa shape index (κ3) is 4.39. The van der Waals surface area contributed by atoms with Crippen LogP contribution in [0.3, 0.4) is 0 Å². The van der Waals surface area contributed by atoms with Crippen molar-refractivity contribution in [1.29, 1.82) is 0 Å². The molecule has 2 aromatic rings. The molecule has 0 aromatic heterocycles. The summed E-state index contributed by atoms with van der Waals surface area (Å²) in [6.07, 6.45) is 0.932. The highest BCUT2D eigenvalue weighted by molar-refractivity contribution is 6.30. The number of carbonyl (C=O) groups is 1. The molecule has 0 saturated heterocycles. The highest BCUT2D eigenvalue weighted by Crippen LogP contribution is 2.25. The minimum atomic E-state index is -0.568. The number of amides is 2. The van der Waals surface area contributed by atoms with Crippen LogP contribution in [-0.2, 0) is 0 Å². The van der Waals surface area contributed by atoms with Crippen LogP contribution in [0.5, 0.6) is 0 Å². The first-order chi connectivity index (χ1) is 10.1. The van der Waals surface area contributed by atoms with E-state index in [1.807, 2.05) is 30.3 Å². The van der Waals surface area contributed by atoms with Gasteiger partial charge in [0.15, 0.2) is 0 Å². The summed E-state index contributed by atoms with van der Waals surface area (Å²) < 4.78 is 0. The lowest BCUT2D eigenvalue weighted by Gasteiger charge is -2.19. The summed E-state index contributed by atoms with van der Waals surface area (Å²) in [6, 6.07) is 14.8. The van der Waals surface area contributed by atoms with Crippen LogP contribution in [0.25, 0.3) is 0 Å². The zero-order valence-electron chi connectivity index (χ0n) is 11.8. The quantitative estimate of drug-likeness (QED) is 0.766. The Morgan fingerprint density at radius 2 is 1.86 bits per heavy atom. The van der Waals surface area contributed by atoms with Gasteiger partial charge in [-0.2, -0.15) is 0 Å². The summed E-state index contributed by atoms with van der Waals surface area (Å²) in [5, 5.41) is 6.71. The molecule has 0 saturated carbocycles. The lowest BCUT2D eigenvalue weighted by molar-refractivity contribution is 0.259. The van der Waals surface area contributed by atoms with Gasteiger partial charge in [-0.25, -0.2) is 4.79 Å². The van der Waals surface area contributed by atoms with Crippen LogP contribution in [0, 0.1) is 0 Å². The second-order valence-corrected chi connectivity index (χ2v) is 5.16. The summed E-state index contributed by atoms with van der Waals surface area (Å²) in [4.78, 5) is 10.8. The molecular formula is C16H18ClN3O. The zero-order valence-corrected chi connectivity index (χ0v) is 12.5. The van der Waals surface area contributed by atoms with Crippen LogP contribution in [-0.4, -0.2) is 6.03 Å². The first-order valence-corrected chi connectivity index (χ1v) is 7.15. The highest BCUT2D eigenvalue weighted by atomic mass is 35.5. The van der Waals surface area contributed by atoms with Gasteiger partial charge >= 0.3 is 6.03 Å². The summed E-state index contributed by atoms with van der Waals surface area (Å²) in [5.41, 5.74) is 7.86.